The van der Waals surface area contributed by atoms with Gasteiger partial charge in [0.15, 0.2) is 24.7 Å². The van der Waals surface area contributed by atoms with E-state index in [2.05, 4.69) is 10.6 Å². The molecule has 1 saturated carbocycles. The number of carbonyl (C=O) groups is 3. The van der Waals surface area contributed by atoms with E-state index in [9.17, 15) is 14.4 Å². The summed E-state index contributed by atoms with van der Waals surface area (Å²) in [5, 5.41) is 5.52. The summed E-state index contributed by atoms with van der Waals surface area (Å²) in [5.74, 6) is -0.257. The number of anilines is 1. The lowest BCUT2D eigenvalue weighted by Gasteiger charge is -2.18. The fourth-order valence-electron chi connectivity index (χ4n) is 3.46. The number of rotatable bonds is 8. The van der Waals surface area contributed by atoms with Crippen LogP contribution >= 0.6 is 0 Å². The second kappa shape index (κ2) is 8.90. The highest BCUT2D eigenvalue weighted by atomic mass is 16.6. The fraction of sp³-hybridized carbons (Fsp3) is 0.375. The Morgan fingerprint density at radius 1 is 1.09 bits per heavy atom. The Hall–Kier alpha value is -3.55. The predicted molar refractivity (Wildman–Crippen MR) is 117 cm³/mol. The molecule has 2 amide bonds. The molecule has 0 atom stereocenters. The average Bonchev–Trinajstić information content (AvgIpc) is 3.50. The molecule has 1 aliphatic carbocycles. The van der Waals surface area contributed by atoms with Crippen LogP contribution in [-0.2, 0) is 20.7 Å². The van der Waals surface area contributed by atoms with E-state index in [4.69, 9.17) is 14.2 Å². The van der Waals surface area contributed by atoms with Crippen LogP contribution in [0, 0.1) is 0 Å². The van der Waals surface area contributed by atoms with Gasteiger partial charge in [0.2, 0.25) is 0 Å². The maximum atomic E-state index is 12.1. The van der Waals surface area contributed by atoms with Crippen molar-refractivity contribution in [1.82, 2.24) is 5.32 Å². The highest BCUT2D eigenvalue weighted by Crippen LogP contribution is 2.41. The zero-order chi connectivity index (χ0) is 22.7. The number of benzene rings is 2. The summed E-state index contributed by atoms with van der Waals surface area (Å²) in [7, 11) is 0. The topological polar surface area (TPSA) is 103 Å². The number of amides is 2. The molecule has 2 aliphatic rings. The molecule has 2 aromatic carbocycles. The number of hydrogen-bond acceptors (Lipinski definition) is 6. The third-order valence-electron chi connectivity index (χ3n) is 5.09. The second-order valence-corrected chi connectivity index (χ2v) is 8.61. The van der Waals surface area contributed by atoms with E-state index in [1.54, 1.807) is 30.3 Å². The summed E-state index contributed by atoms with van der Waals surface area (Å²) in [6, 6.07) is 12.4. The SMILES string of the molecule is CC1(C)Cc2cccc(OCC(=O)OCC(=O)Nc3cccc(C(=O)NC4CC4)c3)c2O1. The van der Waals surface area contributed by atoms with Crippen LogP contribution in [0.2, 0.25) is 0 Å². The number of carbonyl (C=O) groups excluding carboxylic acids is 3. The van der Waals surface area contributed by atoms with Gasteiger partial charge in [-0.05, 0) is 51.0 Å². The van der Waals surface area contributed by atoms with Crippen molar-refractivity contribution in [3.63, 3.8) is 0 Å². The molecule has 0 aromatic heterocycles. The lowest BCUT2D eigenvalue weighted by Crippen LogP contribution is -2.26. The zero-order valence-electron chi connectivity index (χ0n) is 18.1. The average molecular weight is 438 g/mol. The first-order chi connectivity index (χ1) is 15.3. The van der Waals surface area contributed by atoms with Crippen LogP contribution in [0.1, 0.15) is 42.6 Å². The summed E-state index contributed by atoms with van der Waals surface area (Å²) < 4.78 is 16.5. The van der Waals surface area contributed by atoms with E-state index in [1.807, 2.05) is 26.0 Å². The Kier molecular flexibility index (Phi) is 6.03. The highest BCUT2D eigenvalue weighted by Gasteiger charge is 2.32. The first kappa shape index (κ1) is 21.7. The number of esters is 1. The van der Waals surface area contributed by atoms with E-state index in [1.165, 1.54) is 0 Å². The Bertz CT molecular complexity index is 1040. The number of para-hydroxylation sites is 1. The molecule has 32 heavy (non-hydrogen) atoms. The molecule has 0 spiro atoms. The molecular formula is C24H26N2O6. The van der Waals surface area contributed by atoms with Crippen molar-refractivity contribution >= 4 is 23.5 Å². The van der Waals surface area contributed by atoms with Crippen LogP contribution in [0.25, 0.3) is 0 Å². The number of fused-ring (bicyclic) bond motifs is 1. The third kappa shape index (κ3) is 5.57. The third-order valence-corrected chi connectivity index (χ3v) is 5.09. The Morgan fingerprint density at radius 2 is 1.88 bits per heavy atom. The molecule has 1 fully saturated rings. The molecule has 168 valence electrons. The van der Waals surface area contributed by atoms with Gasteiger partial charge in [0.1, 0.15) is 5.60 Å². The van der Waals surface area contributed by atoms with Crippen LogP contribution in [0.3, 0.4) is 0 Å². The maximum Gasteiger partial charge on any atom is 0.344 e. The van der Waals surface area contributed by atoms with E-state index in [0.717, 1.165) is 24.8 Å². The lowest BCUT2D eigenvalue weighted by atomic mass is 10.0. The largest absolute Gasteiger partial charge is 0.483 e. The summed E-state index contributed by atoms with van der Waals surface area (Å²) in [6.07, 6.45) is 2.75. The molecule has 4 rings (SSSR count). The Morgan fingerprint density at radius 3 is 2.66 bits per heavy atom. The lowest BCUT2D eigenvalue weighted by molar-refractivity contribution is -0.149. The molecule has 8 nitrogen and oxygen atoms in total. The molecule has 0 radical (unpaired) electrons. The molecular weight excluding hydrogens is 412 g/mol. The van der Waals surface area contributed by atoms with Gasteiger partial charge in [-0.15, -0.1) is 0 Å². The molecule has 1 heterocycles. The van der Waals surface area contributed by atoms with Crippen molar-refractivity contribution in [2.75, 3.05) is 18.5 Å². The molecule has 0 saturated heterocycles. The molecule has 0 unspecified atom stereocenters. The Balaban J connectivity index is 1.23. The molecule has 1 aliphatic heterocycles. The van der Waals surface area contributed by atoms with Crippen molar-refractivity contribution in [1.29, 1.82) is 0 Å². The number of nitrogens with one attached hydrogen (secondary N) is 2. The molecule has 8 heteroatoms. The summed E-state index contributed by atoms with van der Waals surface area (Å²) >= 11 is 0. The maximum absolute atomic E-state index is 12.1. The van der Waals surface area contributed by atoms with Crippen LogP contribution in [0.15, 0.2) is 42.5 Å². The monoisotopic (exact) mass is 438 g/mol. The van der Waals surface area contributed by atoms with E-state index in [-0.39, 0.29) is 24.2 Å². The standard InChI is InChI=1S/C24H26N2O6/c1-24(2)12-16-6-4-8-19(22(16)32-24)30-14-21(28)31-13-20(27)25-18-7-3-5-15(11-18)23(29)26-17-9-10-17/h3-8,11,17H,9-10,12-14H2,1-2H3,(H,25,27)(H,26,29). The van der Waals surface area contributed by atoms with E-state index < -0.39 is 18.5 Å². The first-order valence-corrected chi connectivity index (χ1v) is 10.6. The van der Waals surface area contributed by atoms with Crippen LogP contribution < -0.4 is 20.1 Å². The Labute approximate surface area is 186 Å². The molecule has 2 N–H and O–H groups in total. The van der Waals surface area contributed by atoms with Crippen molar-refractivity contribution < 1.29 is 28.6 Å². The number of ether oxygens (including phenoxy) is 3. The number of hydrogen-bond donors (Lipinski definition) is 2. The molecule has 0 bridgehead atoms. The predicted octanol–water partition coefficient (Wildman–Crippen LogP) is 2.85. The second-order valence-electron chi connectivity index (χ2n) is 8.61. The van der Waals surface area contributed by atoms with Gasteiger partial charge in [-0.25, -0.2) is 4.79 Å². The summed E-state index contributed by atoms with van der Waals surface area (Å²) in [6.45, 7) is 3.17. The van der Waals surface area contributed by atoms with Crippen LogP contribution in [-0.4, -0.2) is 42.6 Å². The van der Waals surface area contributed by atoms with Gasteiger partial charge in [-0.2, -0.15) is 0 Å². The van der Waals surface area contributed by atoms with Gasteiger partial charge >= 0.3 is 5.97 Å². The smallest absolute Gasteiger partial charge is 0.344 e. The van der Waals surface area contributed by atoms with Crippen molar-refractivity contribution in [2.24, 2.45) is 0 Å². The molecule has 2 aromatic rings. The fourth-order valence-corrected chi connectivity index (χ4v) is 3.46. The minimum Gasteiger partial charge on any atom is -0.483 e. The van der Waals surface area contributed by atoms with Crippen LogP contribution in [0.5, 0.6) is 11.5 Å². The quantitative estimate of drug-likeness (QED) is 0.615. The van der Waals surface area contributed by atoms with Crippen molar-refractivity contribution in [2.45, 2.75) is 44.8 Å². The minimum atomic E-state index is -0.674. The van der Waals surface area contributed by atoms with Crippen LogP contribution in [0.4, 0.5) is 5.69 Å². The van der Waals surface area contributed by atoms with Gasteiger partial charge < -0.3 is 24.8 Å². The highest BCUT2D eigenvalue weighted by molar-refractivity contribution is 5.98. The van der Waals surface area contributed by atoms with Gasteiger partial charge in [0.25, 0.3) is 11.8 Å². The zero-order valence-corrected chi connectivity index (χ0v) is 18.1. The van der Waals surface area contributed by atoms with E-state index >= 15 is 0 Å². The van der Waals surface area contributed by atoms with Crippen molar-refractivity contribution in [3.05, 3.63) is 53.6 Å². The summed E-state index contributed by atoms with van der Waals surface area (Å²) in [5.41, 5.74) is 1.61. The minimum absolute atomic E-state index is 0.174. The van der Waals surface area contributed by atoms with Gasteiger partial charge in [-0.3, -0.25) is 9.59 Å². The van der Waals surface area contributed by atoms with E-state index in [0.29, 0.717) is 22.7 Å². The summed E-state index contributed by atoms with van der Waals surface area (Å²) in [4.78, 5) is 36.3. The van der Waals surface area contributed by atoms with Gasteiger partial charge in [0.05, 0.1) is 0 Å². The first-order valence-electron chi connectivity index (χ1n) is 10.6. The van der Waals surface area contributed by atoms with Crippen molar-refractivity contribution in [3.8, 4) is 11.5 Å². The van der Waals surface area contributed by atoms with Gasteiger partial charge in [0, 0.05) is 29.3 Å². The normalized spacial score (nSPS) is 15.8. The van der Waals surface area contributed by atoms with Gasteiger partial charge in [-0.1, -0.05) is 18.2 Å².